The zero-order valence-electron chi connectivity index (χ0n) is 16.7. The van der Waals surface area contributed by atoms with Gasteiger partial charge in [-0.15, -0.1) is 21.5 Å². The summed E-state index contributed by atoms with van der Waals surface area (Å²) >= 11 is 2.78. The minimum atomic E-state index is -0.287. The molecule has 2 heterocycles. The number of aromatic nitrogens is 4. The van der Waals surface area contributed by atoms with Crippen LogP contribution in [0.2, 0.25) is 0 Å². The van der Waals surface area contributed by atoms with Gasteiger partial charge >= 0.3 is 0 Å². The maximum Gasteiger partial charge on any atom is 0.236 e. The Bertz CT molecular complexity index is 968. The number of aryl methyl sites for hydroxylation is 2. The fraction of sp³-hybridized carbons (Fsp3) is 0.400. The lowest BCUT2D eigenvalue weighted by atomic mass is 10.1. The molecule has 3 aromatic rings. The zero-order valence-corrected chi connectivity index (χ0v) is 18.4. The molecule has 6 nitrogen and oxygen atoms in total. The predicted molar refractivity (Wildman–Crippen MR) is 116 cm³/mol. The van der Waals surface area contributed by atoms with Crippen molar-refractivity contribution in [2.24, 2.45) is 0 Å². The minimum Gasteiger partial charge on any atom is -0.306 e. The zero-order chi connectivity index (χ0) is 20.8. The van der Waals surface area contributed by atoms with Crippen molar-refractivity contribution in [3.05, 3.63) is 40.8 Å². The number of hydrogen-bond acceptors (Lipinski definition) is 6. The highest BCUT2D eigenvalue weighted by atomic mass is 32.2. The van der Waals surface area contributed by atoms with Gasteiger partial charge in [-0.25, -0.2) is 9.37 Å². The predicted octanol–water partition coefficient (Wildman–Crippen LogP) is 4.94. The minimum absolute atomic E-state index is 0.143. The largest absolute Gasteiger partial charge is 0.306 e. The van der Waals surface area contributed by atoms with E-state index >= 15 is 0 Å². The first-order valence-electron chi connectivity index (χ1n) is 9.59. The van der Waals surface area contributed by atoms with Gasteiger partial charge in [-0.3, -0.25) is 4.79 Å². The third-order valence-electron chi connectivity index (χ3n) is 4.36. The maximum atomic E-state index is 13.1. The highest BCUT2D eigenvalue weighted by Gasteiger charge is 2.15. The van der Waals surface area contributed by atoms with Crippen LogP contribution in [-0.2, 0) is 17.8 Å². The number of anilines is 1. The highest BCUT2D eigenvalue weighted by Crippen LogP contribution is 2.30. The Hall–Kier alpha value is -2.26. The molecule has 0 fully saturated rings. The maximum absolute atomic E-state index is 13.1. The molecular formula is C20H24FN5OS2. The van der Waals surface area contributed by atoms with Gasteiger partial charge in [-0.1, -0.05) is 25.1 Å². The quantitative estimate of drug-likeness (QED) is 0.484. The normalized spacial score (nSPS) is 11.0. The molecule has 1 aromatic carbocycles. The fourth-order valence-electron chi connectivity index (χ4n) is 2.87. The summed E-state index contributed by atoms with van der Waals surface area (Å²) in [5.74, 6) is 0.771. The molecule has 29 heavy (non-hydrogen) atoms. The van der Waals surface area contributed by atoms with Gasteiger partial charge < -0.3 is 9.88 Å². The van der Waals surface area contributed by atoms with Crippen LogP contribution in [0.25, 0.3) is 11.3 Å². The van der Waals surface area contributed by atoms with Crippen molar-refractivity contribution in [2.75, 3.05) is 11.1 Å². The van der Waals surface area contributed by atoms with E-state index in [4.69, 9.17) is 0 Å². The van der Waals surface area contributed by atoms with Crippen LogP contribution in [0.5, 0.6) is 0 Å². The van der Waals surface area contributed by atoms with Gasteiger partial charge in [0.05, 0.1) is 11.4 Å². The number of rotatable bonds is 9. The van der Waals surface area contributed by atoms with E-state index < -0.39 is 0 Å². The summed E-state index contributed by atoms with van der Waals surface area (Å²) in [7, 11) is 0. The molecule has 1 N–H and O–H groups in total. The Morgan fingerprint density at radius 1 is 1.24 bits per heavy atom. The van der Waals surface area contributed by atoms with Crippen molar-refractivity contribution in [3.8, 4) is 11.3 Å². The standard InChI is InChI=1S/C20H24FN5OS2/c1-4-6-7-16-24-25-20(26(16)5-2)28-12-17(27)22-19-23-18(13(3)29-19)14-8-10-15(21)11-9-14/h8-11H,4-7,12H2,1-3H3,(H,22,23,27). The van der Waals surface area contributed by atoms with Gasteiger partial charge in [0, 0.05) is 23.4 Å². The summed E-state index contributed by atoms with van der Waals surface area (Å²) in [5.41, 5.74) is 1.58. The van der Waals surface area contributed by atoms with E-state index in [1.807, 2.05) is 6.92 Å². The number of amides is 1. The number of hydrogen-bond donors (Lipinski definition) is 1. The lowest BCUT2D eigenvalue weighted by Gasteiger charge is -2.06. The van der Waals surface area contributed by atoms with Crippen molar-refractivity contribution in [1.29, 1.82) is 0 Å². The van der Waals surface area contributed by atoms with Gasteiger partial charge in [0.25, 0.3) is 0 Å². The van der Waals surface area contributed by atoms with Crippen LogP contribution in [0.1, 0.15) is 37.4 Å². The summed E-state index contributed by atoms with van der Waals surface area (Å²) < 4.78 is 15.2. The summed E-state index contributed by atoms with van der Waals surface area (Å²) in [6.07, 6.45) is 3.08. The molecule has 0 unspecified atom stereocenters. The molecule has 0 saturated heterocycles. The van der Waals surface area contributed by atoms with E-state index in [0.717, 1.165) is 52.9 Å². The van der Waals surface area contributed by atoms with Gasteiger partial charge in [0.1, 0.15) is 11.6 Å². The molecule has 1 amide bonds. The molecule has 0 spiro atoms. The molecule has 9 heteroatoms. The summed E-state index contributed by atoms with van der Waals surface area (Å²) in [4.78, 5) is 17.9. The van der Waals surface area contributed by atoms with Gasteiger partial charge in [-0.2, -0.15) is 0 Å². The van der Waals surface area contributed by atoms with Crippen LogP contribution in [0, 0.1) is 12.7 Å². The number of benzene rings is 1. The molecule has 0 aliphatic rings. The van der Waals surface area contributed by atoms with Crippen molar-refractivity contribution >= 4 is 34.1 Å². The second-order valence-electron chi connectivity index (χ2n) is 6.51. The molecule has 0 atom stereocenters. The van der Waals surface area contributed by atoms with Crippen molar-refractivity contribution in [2.45, 2.75) is 51.7 Å². The Labute approximate surface area is 178 Å². The van der Waals surface area contributed by atoms with E-state index in [9.17, 15) is 9.18 Å². The summed E-state index contributed by atoms with van der Waals surface area (Å²) in [5, 5.41) is 12.6. The van der Waals surface area contributed by atoms with E-state index in [2.05, 4.69) is 38.9 Å². The third-order valence-corrected chi connectivity index (χ3v) is 6.21. The molecule has 0 saturated carbocycles. The first kappa shape index (κ1) is 21.4. The van der Waals surface area contributed by atoms with E-state index in [-0.39, 0.29) is 17.5 Å². The Balaban J connectivity index is 1.61. The molecule has 0 aliphatic carbocycles. The topological polar surface area (TPSA) is 72.7 Å². The number of unbranched alkanes of at least 4 members (excludes halogenated alkanes) is 1. The summed E-state index contributed by atoms with van der Waals surface area (Å²) in [6, 6.07) is 6.18. The highest BCUT2D eigenvalue weighted by molar-refractivity contribution is 7.99. The first-order chi connectivity index (χ1) is 14.0. The Morgan fingerprint density at radius 3 is 2.69 bits per heavy atom. The smallest absolute Gasteiger partial charge is 0.236 e. The van der Waals surface area contributed by atoms with Crippen molar-refractivity contribution in [3.63, 3.8) is 0 Å². The average molecular weight is 434 g/mol. The molecule has 2 aromatic heterocycles. The number of carbonyl (C=O) groups is 1. The van der Waals surface area contributed by atoms with Crippen LogP contribution < -0.4 is 5.32 Å². The molecule has 0 aliphatic heterocycles. The van der Waals surface area contributed by atoms with Gasteiger partial charge in [0.15, 0.2) is 10.3 Å². The number of thiazole rings is 1. The number of thioether (sulfide) groups is 1. The number of halogens is 1. The lowest BCUT2D eigenvalue weighted by molar-refractivity contribution is -0.113. The van der Waals surface area contributed by atoms with Crippen molar-refractivity contribution < 1.29 is 9.18 Å². The van der Waals surface area contributed by atoms with Crippen LogP contribution in [-0.4, -0.2) is 31.4 Å². The summed E-state index contributed by atoms with van der Waals surface area (Å²) in [6.45, 7) is 6.91. The van der Waals surface area contributed by atoms with E-state index in [0.29, 0.717) is 5.13 Å². The number of carbonyl (C=O) groups excluding carboxylic acids is 1. The monoisotopic (exact) mass is 433 g/mol. The Morgan fingerprint density at radius 2 is 2.00 bits per heavy atom. The van der Waals surface area contributed by atoms with Gasteiger partial charge in [-0.05, 0) is 44.5 Å². The van der Waals surface area contributed by atoms with E-state index in [1.165, 1.54) is 35.2 Å². The van der Waals surface area contributed by atoms with E-state index in [1.54, 1.807) is 12.1 Å². The van der Waals surface area contributed by atoms with Gasteiger partial charge in [0.2, 0.25) is 5.91 Å². The first-order valence-corrected chi connectivity index (χ1v) is 11.4. The fourth-order valence-corrected chi connectivity index (χ4v) is 4.55. The second kappa shape index (κ2) is 9.98. The van der Waals surface area contributed by atoms with Crippen LogP contribution >= 0.6 is 23.1 Å². The SMILES string of the molecule is CCCCc1nnc(SCC(=O)Nc2nc(-c3ccc(F)cc3)c(C)s2)n1CC. The number of nitrogens with zero attached hydrogens (tertiary/aromatic N) is 4. The molecule has 154 valence electrons. The third kappa shape index (κ3) is 5.42. The number of nitrogens with one attached hydrogen (secondary N) is 1. The second-order valence-corrected chi connectivity index (χ2v) is 8.66. The van der Waals surface area contributed by atoms with Crippen molar-refractivity contribution in [1.82, 2.24) is 19.7 Å². The Kier molecular flexibility index (Phi) is 7.38. The average Bonchev–Trinajstić information content (AvgIpc) is 3.27. The molecule has 0 bridgehead atoms. The van der Waals surface area contributed by atoms with Crippen LogP contribution in [0.3, 0.4) is 0 Å². The molecule has 0 radical (unpaired) electrons. The lowest BCUT2D eigenvalue weighted by Crippen LogP contribution is -2.14. The van der Waals surface area contributed by atoms with Crippen LogP contribution in [0.4, 0.5) is 9.52 Å². The van der Waals surface area contributed by atoms with Crippen LogP contribution in [0.15, 0.2) is 29.4 Å². The molecular weight excluding hydrogens is 409 g/mol. The molecule has 3 rings (SSSR count).